The molecule has 0 N–H and O–H groups in total. The number of benzene rings is 1. The van der Waals surface area contributed by atoms with Crippen LogP contribution in [0.1, 0.15) is 63.3 Å². The molecule has 1 heterocycles. The first-order valence-corrected chi connectivity index (χ1v) is 7.60. The summed E-state index contributed by atoms with van der Waals surface area (Å²) < 4.78 is 0. The van der Waals surface area contributed by atoms with Crippen molar-refractivity contribution in [3.63, 3.8) is 0 Å². The van der Waals surface area contributed by atoms with E-state index in [0.29, 0.717) is 11.8 Å². The van der Waals surface area contributed by atoms with Gasteiger partial charge in [-0.1, -0.05) is 52.0 Å². The quantitative estimate of drug-likeness (QED) is 0.496. The molecule has 2 rings (SSSR count). The van der Waals surface area contributed by atoms with E-state index in [2.05, 4.69) is 50.9 Å². The van der Waals surface area contributed by atoms with Gasteiger partial charge in [0.2, 0.25) is 0 Å². The molecule has 0 saturated carbocycles. The predicted octanol–water partition coefficient (Wildman–Crippen LogP) is 5.46. The number of para-hydroxylation sites is 1. The molecule has 0 aliphatic rings. The number of hydrogen-bond donors (Lipinski definition) is 0. The Balaban J connectivity index is 0.00000242. The van der Waals surface area contributed by atoms with E-state index < -0.39 is 0 Å². The van der Waals surface area contributed by atoms with E-state index >= 15 is 0 Å². The average molecular weight is 398 g/mol. The first kappa shape index (κ1) is 22.0. The second-order valence-electron chi connectivity index (χ2n) is 6.01. The number of aliphatic imine (C=N–C) groups is 1. The fourth-order valence-electron chi connectivity index (χ4n) is 2.44. The van der Waals surface area contributed by atoms with Crippen molar-refractivity contribution in [2.75, 3.05) is 0 Å². The summed E-state index contributed by atoms with van der Waals surface area (Å²) in [6, 6.07) is 12.4. The van der Waals surface area contributed by atoms with Crippen molar-refractivity contribution >= 4 is 11.4 Å². The summed E-state index contributed by atoms with van der Waals surface area (Å²) in [6.07, 6.45) is 1.81. The molecule has 0 radical (unpaired) electrons. The van der Waals surface area contributed by atoms with Crippen LogP contribution in [0.4, 0.5) is 5.69 Å². The monoisotopic (exact) mass is 396 g/mol. The molecule has 0 spiro atoms. The van der Waals surface area contributed by atoms with Gasteiger partial charge in [0.1, 0.15) is 0 Å². The molecule has 2 aromatic rings. The third-order valence-corrected chi connectivity index (χ3v) is 3.66. The van der Waals surface area contributed by atoms with E-state index in [9.17, 15) is 0 Å². The van der Waals surface area contributed by atoms with Crippen LogP contribution in [0.25, 0.3) is 0 Å². The number of hydrogen-bond acceptors (Lipinski definition) is 2. The van der Waals surface area contributed by atoms with Gasteiger partial charge < -0.3 is 0 Å². The van der Waals surface area contributed by atoms with E-state index in [0.717, 1.165) is 17.1 Å². The zero-order chi connectivity index (χ0) is 15.4. The molecule has 130 valence electrons. The van der Waals surface area contributed by atoms with Gasteiger partial charge in [0.25, 0.3) is 0 Å². The van der Waals surface area contributed by atoms with Crippen LogP contribution in [-0.2, 0) is 33.0 Å². The first-order valence-electron chi connectivity index (χ1n) is 7.60. The van der Waals surface area contributed by atoms with E-state index in [1.165, 1.54) is 11.1 Å². The van der Waals surface area contributed by atoms with Crippen LogP contribution in [0.2, 0.25) is 0 Å². The van der Waals surface area contributed by atoms with E-state index in [1.54, 1.807) is 0 Å². The Morgan fingerprint density at radius 3 is 1.87 bits per heavy atom. The second kappa shape index (κ2) is 10.0. The van der Waals surface area contributed by atoms with Gasteiger partial charge in [-0.15, -0.1) is 0 Å². The Morgan fingerprint density at radius 2 is 1.43 bits per heavy atom. The zero-order valence-corrected chi connectivity index (χ0v) is 16.2. The Labute approximate surface area is 160 Å². The van der Waals surface area contributed by atoms with Crippen LogP contribution >= 0.6 is 0 Å². The summed E-state index contributed by atoms with van der Waals surface area (Å²) in [5.41, 5.74) is 5.62. The largest absolute Gasteiger partial charge is 0.255 e. The molecule has 4 heteroatoms. The number of rotatable bonds is 4. The minimum absolute atomic E-state index is 0. The van der Waals surface area contributed by atoms with E-state index in [4.69, 9.17) is 4.99 Å². The van der Waals surface area contributed by atoms with Crippen molar-refractivity contribution in [3.05, 3.63) is 59.4 Å². The van der Waals surface area contributed by atoms with Crippen LogP contribution < -0.4 is 0 Å². The van der Waals surface area contributed by atoms with Gasteiger partial charge in [-0.3, -0.25) is 9.98 Å². The Morgan fingerprint density at radius 1 is 0.870 bits per heavy atom. The van der Waals surface area contributed by atoms with Gasteiger partial charge in [0, 0.05) is 39.2 Å². The summed E-state index contributed by atoms with van der Waals surface area (Å²) in [5, 5.41) is 0. The summed E-state index contributed by atoms with van der Waals surface area (Å²) >= 11 is 0. The Hall–Kier alpha value is -0.973. The van der Waals surface area contributed by atoms with Crippen LogP contribution in [0.3, 0.4) is 0 Å². The summed E-state index contributed by atoms with van der Waals surface area (Å²) in [7, 11) is 0. The standard InChI is InChI=1S/C19H24N2.2Ni/c1-13(2)16-9-8-10-17(14(3)4)19(16)21-15(5)18-11-6-7-12-20-18;;/h6-14H,1-5H3;;. The molecule has 0 unspecified atom stereocenters. The maximum atomic E-state index is 4.93. The Kier molecular flexibility index (Phi) is 9.59. The molecule has 0 aliphatic heterocycles. The van der Waals surface area contributed by atoms with Crippen LogP contribution in [0.5, 0.6) is 0 Å². The summed E-state index contributed by atoms with van der Waals surface area (Å²) in [5.74, 6) is 0.915. The Bertz CT molecular complexity index is 609. The summed E-state index contributed by atoms with van der Waals surface area (Å²) in [4.78, 5) is 9.32. The van der Waals surface area contributed by atoms with E-state index in [-0.39, 0.29) is 33.0 Å². The molecule has 23 heavy (non-hydrogen) atoms. The van der Waals surface area contributed by atoms with Gasteiger partial charge >= 0.3 is 0 Å². The maximum absolute atomic E-state index is 4.93. The predicted molar refractivity (Wildman–Crippen MR) is 90.7 cm³/mol. The van der Waals surface area contributed by atoms with Crippen molar-refractivity contribution in [2.24, 2.45) is 4.99 Å². The number of nitrogens with zero attached hydrogens (tertiary/aromatic N) is 2. The SMILES string of the molecule is CC(=Nc1c(C(C)C)cccc1C(C)C)c1ccccn1.[Ni].[Ni]. The molecule has 0 aliphatic carbocycles. The minimum atomic E-state index is 0. The third kappa shape index (κ3) is 5.55. The topological polar surface area (TPSA) is 25.2 Å². The van der Waals surface area contributed by atoms with Gasteiger partial charge in [0.15, 0.2) is 0 Å². The first-order chi connectivity index (χ1) is 10.0. The van der Waals surface area contributed by atoms with Gasteiger partial charge in [-0.05, 0) is 42.0 Å². The molecule has 0 fully saturated rings. The fourth-order valence-corrected chi connectivity index (χ4v) is 2.44. The second-order valence-corrected chi connectivity index (χ2v) is 6.01. The van der Waals surface area contributed by atoms with Crippen molar-refractivity contribution in [2.45, 2.75) is 46.5 Å². The molecule has 1 aromatic heterocycles. The summed E-state index contributed by atoms with van der Waals surface area (Å²) in [6.45, 7) is 10.9. The number of aromatic nitrogens is 1. The minimum Gasteiger partial charge on any atom is -0.255 e. The molecule has 0 saturated heterocycles. The third-order valence-electron chi connectivity index (χ3n) is 3.66. The zero-order valence-electron chi connectivity index (χ0n) is 14.2. The number of pyridine rings is 1. The van der Waals surface area contributed by atoms with E-state index in [1.807, 2.05) is 31.3 Å². The molecule has 2 nitrogen and oxygen atoms in total. The van der Waals surface area contributed by atoms with Crippen LogP contribution in [-0.4, -0.2) is 10.7 Å². The normalized spacial score (nSPS) is 11.2. The fraction of sp³-hybridized carbons (Fsp3) is 0.368. The average Bonchev–Trinajstić information content (AvgIpc) is 2.47. The molecule has 0 bridgehead atoms. The maximum Gasteiger partial charge on any atom is 0.0841 e. The van der Waals surface area contributed by atoms with Gasteiger partial charge in [-0.25, -0.2) is 0 Å². The molecule has 1 aromatic carbocycles. The van der Waals surface area contributed by atoms with Gasteiger partial charge in [0.05, 0.1) is 17.1 Å². The van der Waals surface area contributed by atoms with Crippen LogP contribution in [0, 0.1) is 0 Å². The van der Waals surface area contributed by atoms with Crippen LogP contribution in [0.15, 0.2) is 47.6 Å². The van der Waals surface area contributed by atoms with Gasteiger partial charge in [-0.2, -0.15) is 0 Å². The molecular formula is C19H24N2Ni2. The van der Waals surface area contributed by atoms with Crippen molar-refractivity contribution in [1.29, 1.82) is 0 Å². The molecular weight excluding hydrogens is 374 g/mol. The van der Waals surface area contributed by atoms with Crippen molar-refractivity contribution < 1.29 is 33.0 Å². The molecule has 0 atom stereocenters. The smallest absolute Gasteiger partial charge is 0.0841 e. The van der Waals surface area contributed by atoms with Crippen molar-refractivity contribution in [3.8, 4) is 0 Å². The molecule has 0 amide bonds. The van der Waals surface area contributed by atoms with Crippen molar-refractivity contribution in [1.82, 2.24) is 4.98 Å².